The van der Waals surface area contributed by atoms with E-state index in [1.54, 1.807) is 13.8 Å². The summed E-state index contributed by atoms with van der Waals surface area (Å²) < 4.78 is 6.86. The Kier molecular flexibility index (Phi) is 7.19. The number of rotatable bonds is 3. The molecule has 6 nitrogen and oxygen atoms in total. The van der Waals surface area contributed by atoms with Crippen molar-refractivity contribution in [2.24, 2.45) is 0 Å². The van der Waals surface area contributed by atoms with E-state index >= 15 is 0 Å². The lowest BCUT2D eigenvalue weighted by atomic mass is 9.89. The average molecular weight is 513 g/mol. The number of hydrogen-bond donors (Lipinski definition) is 0. The maximum Gasteiger partial charge on any atom is 0.265 e. The zero-order valence-electron chi connectivity index (χ0n) is 21.4. The molecule has 0 aromatic carbocycles. The molecule has 3 aromatic heterocycles. The van der Waals surface area contributed by atoms with Gasteiger partial charge in [-0.1, -0.05) is 99.0 Å². The smallest absolute Gasteiger partial charge is 0.265 e. The Morgan fingerprint density at radius 3 is 0.941 bits per heavy atom. The van der Waals surface area contributed by atoms with Crippen LogP contribution in [0.3, 0.4) is 0 Å². The maximum absolute atomic E-state index is 5.76. The van der Waals surface area contributed by atoms with Crippen LogP contribution in [0.15, 0.2) is 36.4 Å². The molecule has 34 heavy (non-hydrogen) atoms. The minimum Gasteiger partial charge on any atom is -0.410 e. The molecule has 0 saturated heterocycles. The molecule has 0 amide bonds. The third-order valence-electron chi connectivity index (χ3n) is 5.44. The third kappa shape index (κ3) is 5.61. The van der Waals surface area contributed by atoms with Crippen LogP contribution in [0.4, 0.5) is 0 Å². The SMILES string of the molecule is CC(C)(C)c1ccc(=S)n([B-](n2nc(C(C)(C)C)ccc2=S)n2nc(C(C)(C)C)ccc2=S)n1. The Morgan fingerprint density at radius 2 is 0.735 bits per heavy atom. The Bertz CT molecular complexity index is 1210. The highest BCUT2D eigenvalue weighted by atomic mass is 32.1. The summed E-state index contributed by atoms with van der Waals surface area (Å²) in [5, 5.41) is 14.9. The first kappa shape index (κ1) is 26.6. The molecule has 0 saturated carbocycles. The van der Waals surface area contributed by atoms with Gasteiger partial charge in [0.25, 0.3) is 7.12 Å². The second kappa shape index (κ2) is 9.20. The van der Waals surface area contributed by atoms with Crippen molar-refractivity contribution in [1.29, 1.82) is 0 Å². The summed E-state index contributed by atoms with van der Waals surface area (Å²) >= 11 is 17.3. The van der Waals surface area contributed by atoms with Gasteiger partial charge in [-0.2, -0.15) is 0 Å². The van der Waals surface area contributed by atoms with Crippen LogP contribution in [0.5, 0.6) is 0 Å². The Balaban J connectivity index is 2.45. The van der Waals surface area contributed by atoms with Crippen molar-refractivity contribution in [1.82, 2.24) is 29.1 Å². The molecule has 0 aliphatic rings. The fourth-order valence-electron chi connectivity index (χ4n) is 3.28. The lowest BCUT2D eigenvalue weighted by Crippen LogP contribution is -2.48. The minimum absolute atomic E-state index is 0.181. The van der Waals surface area contributed by atoms with Crippen LogP contribution >= 0.6 is 36.7 Å². The van der Waals surface area contributed by atoms with Crippen LogP contribution < -0.4 is 0 Å². The van der Waals surface area contributed by atoms with Crippen LogP contribution in [0.1, 0.15) is 79.4 Å². The van der Waals surface area contributed by atoms with E-state index in [4.69, 9.17) is 51.9 Å². The van der Waals surface area contributed by atoms with Gasteiger partial charge in [0, 0.05) is 16.2 Å². The highest BCUT2D eigenvalue weighted by Gasteiger charge is 2.22. The van der Waals surface area contributed by atoms with Gasteiger partial charge in [0.05, 0.1) is 31.0 Å². The first-order valence-corrected chi connectivity index (χ1v) is 12.5. The molecule has 0 atom stereocenters. The predicted octanol–water partition coefficient (Wildman–Crippen LogP) is 6.29. The molecule has 0 aliphatic carbocycles. The Labute approximate surface area is 218 Å². The predicted molar refractivity (Wildman–Crippen MR) is 147 cm³/mol. The molecule has 0 N–H and O–H groups in total. The zero-order valence-corrected chi connectivity index (χ0v) is 23.9. The molecule has 0 spiro atoms. The molecule has 10 heteroatoms. The lowest BCUT2D eigenvalue weighted by Gasteiger charge is -2.36. The van der Waals surface area contributed by atoms with E-state index in [-0.39, 0.29) is 16.2 Å². The van der Waals surface area contributed by atoms with Crippen LogP contribution in [-0.2, 0) is 16.2 Å². The number of nitrogens with zero attached hydrogens (tertiary/aromatic N) is 6. The van der Waals surface area contributed by atoms with Gasteiger partial charge in [-0.25, -0.2) is 15.3 Å². The lowest BCUT2D eigenvalue weighted by molar-refractivity contribution is 0.530. The van der Waals surface area contributed by atoms with E-state index in [2.05, 4.69) is 62.3 Å². The quantitative estimate of drug-likeness (QED) is 0.304. The summed E-state index contributed by atoms with van der Waals surface area (Å²) in [6.45, 7) is 19.1. The summed E-state index contributed by atoms with van der Waals surface area (Å²) in [6, 6.07) is 11.6. The van der Waals surface area contributed by atoms with Gasteiger partial charge in [-0.05, 0) is 36.4 Å². The largest absolute Gasteiger partial charge is 0.410 e. The zero-order chi connectivity index (χ0) is 25.6. The van der Waals surface area contributed by atoms with E-state index < -0.39 is 7.12 Å². The highest BCUT2D eigenvalue weighted by molar-refractivity contribution is 7.72. The van der Waals surface area contributed by atoms with Crippen molar-refractivity contribution in [3.8, 4) is 0 Å². The van der Waals surface area contributed by atoms with E-state index in [9.17, 15) is 0 Å². The van der Waals surface area contributed by atoms with E-state index in [0.717, 1.165) is 17.1 Å². The monoisotopic (exact) mass is 512 g/mol. The average Bonchev–Trinajstić information content (AvgIpc) is 2.69. The summed E-state index contributed by atoms with van der Waals surface area (Å²) in [5.74, 6) is 0. The molecule has 181 valence electrons. The molecule has 0 fully saturated rings. The highest BCUT2D eigenvalue weighted by Crippen LogP contribution is 2.23. The van der Waals surface area contributed by atoms with Gasteiger partial charge < -0.3 is 13.8 Å². The van der Waals surface area contributed by atoms with Crippen LogP contribution in [0.25, 0.3) is 0 Å². The molecule has 1 radical (unpaired) electrons. The van der Waals surface area contributed by atoms with Crippen LogP contribution in [-0.4, -0.2) is 36.2 Å². The Hall–Kier alpha value is -2.04. The first-order chi connectivity index (χ1) is 15.5. The molecular formula is C24H33BN6S3-. The summed E-state index contributed by atoms with van der Waals surface area (Å²) in [5.41, 5.74) is 2.13. The van der Waals surface area contributed by atoms with Gasteiger partial charge in [0.15, 0.2) is 0 Å². The topological polar surface area (TPSA) is 53.5 Å². The van der Waals surface area contributed by atoms with Gasteiger partial charge >= 0.3 is 0 Å². The molecule has 3 rings (SSSR count). The van der Waals surface area contributed by atoms with E-state index in [1.165, 1.54) is 0 Å². The first-order valence-electron chi connectivity index (χ1n) is 11.3. The minimum atomic E-state index is -0.695. The van der Waals surface area contributed by atoms with Gasteiger partial charge in [-0.15, -0.1) is 0 Å². The van der Waals surface area contributed by atoms with Crippen molar-refractivity contribution in [2.45, 2.75) is 78.6 Å². The van der Waals surface area contributed by atoms with Gasteiger partial charge in [0.2, 0.25) is 0 Å². The fourth-order valence-corrected chi connectivity index (χ4v) is 3.89. The van der Waals surface area contributed by atoms with E-state index in [0.29, 0.717) is 13.9 Å². The molecule has 0 unspecified atom stereocenters. The molecular weight excluding hydrogens is 479 g/mol. The normalized spacial score (nSPS) is 12.9. The standard InChI is InChI=1S/C24H33BN6S3/c1-22(2,3)16-10-13-19(32)29(26-16)25(30-20(33)14-11-17(27-30)23(4,5)6)31-21(34)15-12-18(28-31)24(7,8)9/h10-15H,1-9H3/q-1. The van der Waals surface area contributed by atoms with Crippen molar-refractivity contribution in [3.05, 3.63) is 67.4 Å². The molecule has 0 aliphatic heterocycles. The van der Waals surface area contributed by atoms with E-state index in [1.807, 2.05) is 36.4 Å². The third-order valence-corrected chi connectivity index (χ3v) is 6.41. The second-order valence-corrected chi connectivity index (χ2v) is 12.9. The van der Waals surface area contributed by atoms with Crippen molar-refractivity contribution in [2.75, 3.05) is 0 Å². The maximum atomic E-state index is 5.76. The second-order valence-electron chi connectivity index (χ2n) is 11.6. The van der Waals surface area contributed by atoms with Crippen molar-refractivity contribution in [3.63, 3.8) is 0 Å². The number of hydrogen-bond acceptors (Lipinski definition) is 6. The van der Waals surface area contributed by atoms with Gasteiger partial charge in [0.1, 0.15) is 0 Å². The van der Waals surface area contributed by atoms with Crippen LogP contribution in [0, 0.1) is 13.9 Å². The van der Waals surface area contributed by atoms with Crippen molar-refractivity contribution >= 4 is 43.8 Å². The van der Waals surface area contributed by atoms with Crippen LogP contribution in [0.2, 0.25) is 0 Å². The fraction of sp³-hybridized carbons (Fsp3) is 0.500. The van der Waals surface area contributed by atoms with Crippen molar-refractivity contribution < 1.29 is 0 Å². The number of aromatic nitrogens is 6. The Morgan fingerprint density at radius 1 is 0.500 bits per heavy atom. The molecule has 3 aromatic rings. The molecule has 3 heterocycles. The summed E-state index contributed by atoms with van der Waals surface area (Å²) in [7, 11) is -0.695. The summed E-state index contributed by atoms with van der Waals surface area (Å²) in [4.78, 5) is 0. The molecule has 0 bridgehead atoms. The van der Waals surface area contributed by atoms with Gasteiger partial charge in [-0.3, -0.25) is 0 Å². The summed E-state index contributed by atoms with van der Waals surface area (Å²) in [6.07, 6.45) is 0.